The van der Waals surface area contributed by atoms with Crippen LogP contribution >= 0.6 is 0 Å². The molecule has 7 N–H and O–H groups in total. The zero-order valence-electron chi connectivity index (χ0n) is 29.7. The van der Waals surface area contributed by atoms with Crippen molar-refractivity contribution >= 4 is 53.6 Å². The number of nitrogens with one attached hydrogen (secondary N) is 4. The number of carboxylic acids is 3. The lowest BCUT2D eigenvalue weighted by atomic mass is 10.0. The van der Waals surface area contributed by atoms with Gasteiger partial charge in [-0.05, 0) is 23.5 Å². The van der Waals surface area contributed by atoms with E-state index >= 15 is 0 Å². The number of hydrogen-bond donors (Lipinski definition) is 7. The lowest BCUT2D eigenvalue weighted by Crippen LogP contribution is -2.60. The average molecular weight is 772 g/mol. The van der Waals surface area contributed by atoms with E-state index < -0.39 is 116 Å². The van der Waals surface area contributed by atoms with Gasteiger partial charge in [0.2, 0.25) is 11.8 Å². The molecule has 0 aliphatic carbocycles. The van der Waals surface area contributed by atoms with E-state index in [1.165, 1.54) is 13.8 Å². The van der Waals surface area contributed by atoms with E-state index in [9.17, 15) is 58.5 Å². The van der Waals surface area contributed by atoms with Crippen molar-refractivity contribution in [2.75, 3.05) is 6.54 Å². The molecule has 5 atom stereocenters. The standard InChI is InChI=1S/C35H41N5O15/c1-19(2)27(32(49)39-40(16-26(45)46)33(50)28-29(55-28)34(51)53-17-20-9-5-3-6-10-20)38-30(47)22(13-14-24(41)42)36-31(48)23(15-25(43)44)37-35(52)54-18-21-11-7-4-8-12-21/h3-12,19,22-23,27-29H,13-18H2,1-2H3,(H,36,48)(H,37,52)(H,38,47)(H,39,49)(H,41,42)(H,43,44)(H,45,46)/t22-,23-,27-,28-,29-/m0/s1. The van der Waals surface area contributed by atoms with Gasteiger partial charge in [0.05, 0.1) is 6.42 Å². The number of aliphatic carboxylic acids is 3. The van der Waals surface area contributed by atoms with Crippen molar-refractivity contribution in [1.82, 2.24) is 26.4 Å². The van der Waals surface area contributed by atoms with Gasteiger partial charge in [-0.2, -0.15) is 0 Å². The largest absolute Gasteiger partial charge is 0.481 e. The number of carboxylic acid groups (broad SMARTS) is 3. The van der Waals surface area contributed by atoms with Crippen LogP contribution in [0.3, 0.4) is 0 Å². The summed E-state index contributed by atoms with van der Waals surface area (Å²) in [6.07, 6.45) is -6.23. The molecule has 1 heterocycles. The Bertz CT molecular complexity index is 1720. The molecule has 3 rings (SSSR count). The highest BCUT2D eigenvalue weighted by molar-refractivity contribution is 5.97. The molecule has 20 nitrogen and oxygen atoms in total. The monoisotopic (exact) mass is 771 g/mol. The fourth-order valence-corrected chi connectivity index (χ4v) is 4.84. The molecule has 0 aromatic heterocycles. The van der Waals surface area contributed by atoms with Crippen molar-refractivity contribution in [1.29, 1.82) is 0 Å². The number of esters is 1. The van der Waals surface area contributed by atoms with Gasteiger partial charge in [0.1, 0.15) is 37.9 Å². The quantitative estimate of drug-likeness (QED) is 0.0517. The molecule has 1 saturated heterocycles. The molecule has 2 aromatic rings. The molecule has 2 aromatic carbocycles. The molecule has 1 aliphatic heterocycles. The first kappa shape index (κ1) is 42.8. The van der Waals surface area contributed by atoms with Crippen molar-refractivity contribution in [2.45, 2.75) is 76.7 Å². The third-order valence-electron chi connectivity index (χ3n) is 7.72. The SMILES string of the molecule is CC(C)[C@H](NC(=O)[C@H](CCC(=O)O)NC(=O)[C@H](CC(=O)O)NC(=O)OCc1ccccc1)C(=O)NN(CC(=O)O)C(=O)[C@H]1O[C@@H]1C(=O)OCc1ccccc1. The first-order chi connectivity index (χ1) is 26.0. The van der Waals surface area contributed by atoms with E-state index in [0.717, 1.165) is 0 Å². The summed E-state index contributed by atoms with van der Waals surface area (Å²) in [6, 6.07) is 12.0. The fourth-order valence-electron chi connectivity index (χ4n) is 4.84. The molecule has 0 radical (unpaired) electrons. The van der Waals surface area contributed by atoms with Gasteiger partial charge in [0.25, 0.3) is 11.8 Å². The van der Waals surface area contributed by atoms with E-state index in [1.807, 2.05) is 0 Å². The van der Waals surface area contributed by atoms with Crippen LogP contribution in [0.15, 0.2) is 60.7 Å². The minimum atomic E-state index is -1.79. The molecule has 1 fully saturated rings. The maximum atomic E-state index is 13.5. The second-order valence-corrected chi connectivity index (χ2v) is 12.4. The van der Waals surface area contributed by atoms with Crippen molar-refractivity contribution in [3.05, 3.63) is 71.8 Å². The summed E-state index contributed by atoms with van der Waals surface area (Å²) in [7, 11) is 0. The second kappa shape index (κ2) is 20.6. The summed E-state index contributed by atoms with van der Waals surface area (Å²) in [6.45, 7) is 1.50. The van der Waals surface area contributed by atoms with E-state index in [0.29, 0.717) is 16.1 Å². The Morgan fingerprint density at radius 2 is 1.25 bits per heavy atom. The molecule has 1 aliphatic rings. The smallest absolute Gasteiger partial charge is 0.408 e. The predicted molar refractivity (Wildman–Crippen MR) is 184 cm³/mol. The average Bonchev–Trinajstić information content (AvgIpc) is 3.94. The van der Waals surface area contributed by atoms with Crippen LogP contribution in [-0.4, -0.2) is 111 Å². The van der Waals surface area contributed by atoms with Crippen LogP contribution in [-0.2, 0) is 65.8 Å². The predicted octanol–water partition coefficient (Wildman–Crippen LogP) is -0.298. The summed E-state index contributed by atoms with van der Waals surface area (Å²) in [4.78, 5) is 113. The van der Waals surface area contributed by atoms with Gasteiger partial charge >= 0.3 is 30.0 Å². The number of hydrogen-bond acceptors (Lipinski definition) is 12. The number of benzene rings is 2. The molecule has 0 unspecified atom stereocenters. The molecule has 55 heavy (non-hydrogen) atoms. The highest BCUT2D eigenvalue weighted by Gasteiger charge is 2.54. The Morgan fingerprint density at radius 3 is 1.78 bits per heavy atom. The zero-order chi connectivity index (χ0) is 40.7. The molecule has 0 bridgehead atoms. The van der Waals surface area contributed by atoms with Gasteiger partial charge in [-0.3, -0.25) is 39.0 Å². The summed E-state index contributed by atoms with van der Waals surface area (Å²) < 4.78 is 15.3. The number of carbonyl (C=O) groups is 9. The second-order valence-electron chi connectivity index (χ2n) is 12.4. The van der Waals surface area contributed by atoms with Gasteiger partial charge in [-0.1, -0.05) is 74.5 Å². The third-order valence-corrected chi connectivity index (χ3v) is 7.72. The third kappa shape index (κ3) is 14.4. The Labute approximate surface area is 313 Å². The van der Waals surface area contributed by atoms with Gasteiger partial charge in [0.15, 0.2) is 12.2 Å². The zero-order valence-corrected chi connectivity index (χ0v) is 29.7. The summed E-state index contributed by atoms with van der Waals surface area (Å²) in [5.41, 5.74) is 3.34. The Kier molecular flexibility index (Phi) is 16.1. The van der Waals surface area contributed by atoms with Crippen LogP contribution in [0.4, 0.5) is 4.79 Å². The van der Waals surface area contributed by atoms with Gasteiger partial charge in [-0.15, -0.1) is 0 Å². The number of nitrogens with zero attached hydrogens (tertiary/aromatic N) is 1. The van der Waals surface area contributed by atoms with E-state index in [1.54, 1.807) is 60.7 Å². The van der Waals surface area contributed by atoms with Crippen molar-refractivity contribution < 1.29 is 72.7 Å². The topological polar surface area (TPSA) is 297 Å². The van der Waals surface area contributed by atoms with Gasteiger partial charge in [-0.25, -0.2) is 14.6 Å². The van der Waals surface area contributed by atoms with Crippen LogP contribution in [0.5, 0.6) is 0 Å². The fraction of sp³-hybridized carbons (Fsp3) is 0.400. The molecule has 296 valence electrons. The molecule has 0 spiro atoms. The summed E-state index contributed by atoms with van der Waals surface area (Å²) >= 11 is 0. The molecule has 5 amide bonds. The lowest BCUT2D eigenvalue weighted by molar-refractivity contribution is -0.151. The van der Waals surface area contributed by atoms with Crippen LogP contribution < -0.4 is 21.4 Å². The van der Waals surface area contributed by atoms with Crippen molar-refractivity contribution in [3.63, 3.8) is 0 Å². The number of rotatable bonds is 20. The molecular weight excluding hydrogens is 730 g/mol. The van der Waals surface area contributed by atoms with Crippen LogP contribution in [0.2, 0.25) is 0 Å². The minimum Gasteiger partial charge on any atom is -0.481 e. The maximum Gasteiger partial charge on any atom is 0.408 e. The number of amides is 5. The molecular formula is C35H41N5O15. The molecule has 20 heteroatoms. The number of carbonyl (C=O) groups excluding carboxylic acids is 6. The number of epoxide rings is 1. The van der Waals surface area contributed by atoms with Gasteiger partial charge in [0, 0.05) is 6.42 Å². The Balaban J connectivity index is 1.68. The van der Waals surface area contributed by atoms with E-state index in [2.05, 4.69) is 21.4 Å². The van der Waals surface area contributed by atoms with E-state index in [4.69, 9.17) is 14.2 Å². The minimum absolute atomic E-state index is 0.127. The highest BCUT2D eigenvalue weighted by Crippen LogP contribution is 2.26. The first-order valence-corrected chi connectivity index (χ1v) is 16.8. The number of ether oxygens (including phenoxy) is 3. The number of alkyl carbamates (subject to hydrolysis) is 1. The lowest BCUT2D eigenvalue weighted by Gasteiger charge is -2.28. The maximum absolute atomic E-state index is 13.5. The Hall–Kier alpha value is -6.57. The van der Waals surface area contributed by atoms with Crippen molar-refractivity contribution in [3.8, 4) is 0 Å². The van der Waals surface area contributed by atoms with Crippen LogP contribution in [0, 0.1) is 5.92 Å². The highest BCUT2D eigenvalue weighted by atomic mass is 16.6. The first-order valence-electron chi connectivity index (χ1n) is 16.8. The van der Waals surface area contributed by atoms with Crippen LogP contribution in [0.1, 0.15) is 44.2 Å². The summed E-state index contributed by atoms with van der Waals surface area (Å²) in [5.74, 6) is -10.7. The van der Waals surface area contributed by atoms with E-state index in [-0.39, 0.29) is 13.2 Å². The summed E-state index contributed by atoms with van der Waals surface area (Å²) in [5, 5.41) is 35.0. The van der Waals surface area contributed by atoms with Crippen molar-refractivity contribution in [2.24, 2.45) is 5.92 Å². The number of hydrazine groups is 1. The molecule has 0 saturated carbocycles. The normalized spacial score (nSPS) is 15.9. The van der Waals surface area contributed by atoms with Crippen LogP contribution in [0.25, 0.3) is 0 Å². The van der Waals surface area contributed by atoms with Gasteiger partial charge < -0.3 is 45.5 Å². The Morgan fingerprint density at radius 1 is 0.691 bits per heavy atom.